The van der Waals surface area contributed by atoms with Crippen LogP contribution in [-0.2, 0) is 9.84 Å². The Morgan fingerprint density at radius 3 is 2.40 bits per heavy atom. The van der Waals surface area contributed by atoms with Gasteiger partial charge in [0.05, 0.1) is 5.75 Å². The van der Waals surface area contributed by atoms with Crippen LogP contribution in [0.3, 0.4) is 0 Å². The van der Waals surface area contributed by atoms with Crippen molar-refractivity contribution < 1.29 is 23.2 Å². The van der Waals surface area contributed by atoms with Crippen molar-refractivity contribution in [3.63, 3.8) is 0 Å². The van der Waals surface area contributed by atoms with Crippen LogP contribution in [0.2, 0.25) is 0 Å². The maximum Gasteiger partial charge on any atom is 0.488 e. The van der Waals surface area contributed by atoms with E-state index in [0.29, 0.717) is 11.2 Å². The van der Waals surface area contributed by atoms with E-state index in [1.165, 1.54) is 6.26 Å². The van der Waals surface area contributed by atoms with E-state index in [9.17, 15) is 8.42 Å². The molecule has 2 N–H and O–H groups in total. The zero-order valence-electron chi connectivity index (χ0n) is 11.0. The fraction of sp³-hybridized carbons (Fsp3) is 0.231. The van der Waals surface area contributed by atoms with Gasteiger partial charge < -0.3 is 14.8 Å². The average molecular weight is 294 g/mol. The first-order valence-electron chi connectivity index (χ1n) is 6.05. The van der Waals surface area contributed by atoms with Gasteiger partial charge in [-0.25, -0.2) is 8.42 Å². The first kappa shape index (κ1) is 14.8. The summed E-state index contributed by atoms with van der Waals surface area (Å²) in [6.45, 7) is 0.109. The molecule has 0 saturated carbocycles. The molecule has 7 heteroatoms. The van der Waals surface area contributed by atoms with Gasteiger partial charge in [0, 0.05) is 6.26 Å². The van der Waals surface area contributed by atoms with Crippen LogP contribution in [0.15, 0.2) is 36.4 Å². The lowest BCUT2D eigenvalue weighted by molar-refractivity contribution is 0.341. The van der Waals surface area contributed by atoms with E-state index >= 15 is 0 Å². The third-order valence-electron chi connectivity index (χ3n) is 2.86. The van der Waals surface area contributed by atoms with Gasteiger partial charge in [-0.2, -0.15) is 0 Å². The van der Waals surface area contributed by atoms with Crippen molar-refractivity contribution in [1.82, 2.24) is 0 Å². The number of hydrogen-bond donors (Lipinski definition) is 2. The zero-order valence-corrected chi connectivity index (χ0v) is 11.8. The molecular weight excluding hydrogens is 279 g/mol. The fourth-order valence-electron chi connectivity index (χ4n) is 1.80. The van der Waals surface area contributed by atoms with Gasteiger partial charge in [-0.05, 0) is 28.4 Å². The minimum Gasteiger partial charge on any atom is -0.493 e. The maximum atomic E-state index is 11.0. The summed E-state index contributed by atoms with van der Waals surface area (Å²) < 4.78 is 27.4. The third-order valence-corrected chi connectivity index (χ3v) is 3.77. The van der Waals surface area contributed by atoms with Gasteiger partial charge in [-0.15, -0.1) is 0 Å². The molecule has 0 spiro atoms. The van der Waals surface area contributed by atoms with E-state index in [1.54, 1.807) is 36.4 Å². The molecule has 0 bridgehead atoms. The molecule has 0 saturated heterocycles. The van der Waals surface area contributed by atoms with Crippen molar-refractivity contribution in [2.75, 3.05) is 18.6 Å². The Morgan fingerprint density at radius 1 is 1.10 bits per heavy atom. The number of ether oxygens (including phenoxy) is 1. The predicted octanol–water partition coefficient (Wildman–Crippen LogP) is -0.0570. The molecule has 106 valence electrons. The Balaban J connectivity index is 2.15. The first-order valence-corrected chi connectivity index (χ1v) is 8.11. The van der Waals surface area contributed by atoms with Gasteiger partial charge in [0.15, 0.2) is 9.84 Å². The number of benzene rings is 2. The highest BCUT2D eigenvalue weighted by Crippen LogP contribution is 2.20. The summed E-state index contributed by atoms with van der Waals surface area (Å²) in [5.74, 6) is 0.555. The molecule has 0 aliphatic rings. The molecule has 0 atom stereocenters. The lowest BCUT2D eigenvalue weighted by Crippen LogP contribution is -2.29. The summed E-state index contributed by atoms with van der Waals surface area (Å²) in [4.78, 5) is 0. The van der Waals surface area contributed by atoms with Gasteiger partial charge in [0.2, 0.25) is 0 Å². The summed E-state index contributed by atoms with van der Waals surface area (Å²) in [6.07, 6.45) is 1.17. The van der Waals surface area contributed by atoms with Crippen LogP contribution in [0.4, 0.5) is 0 Å². The summed E-state index contributed by atoms with van der Waals surface area (Å²) in [5, 5.41) is 19.9. The SMILES string of the molecule is CS(=O)(=O)CCOc1ccc2cc(B(O)O)ccc2c1. The Hall–Kier alpha value is -1.57. The van der Waals surface area contributed by atoms with Crippen molar-refractivity contribution in [2.45, 2.75) is 0 Å². The van der Waals surface area contributed by atoms with Crippen molar-refractivity contribution >= 4 is 33.2 Å². The summed E-state index contributed by atoms with van der Waals surface area (Å²) in [5.41, 5.74) is 0.420. The minimum absolute atomic E-state index is 0.0271. The van der Waals surface area contributed by atoms with Crippen molar-refractivity contribution in [1.29, 1.82) is 0 Å². The van der Waals surface area contributed by atoms with Gasteiger partial charge in [0.25, 0.3) is 0 Å². The molecule has 0 aliphatic carbocycles. The van der Waals surface area contributed by atoms with Gasteiger partial charge in [-0.3, -0.25) is 0 Å². The Kier molecular flexibility index (Phi) is 4.32. The second-order valence-corrected chi connectivity index (χ2v) is 6.88. The molecule has 0 unspecified atom stereocenters. The molecule has 0 amide bonds. The maximum absolute atomic E-state index is 11.0. The lowest BCUT2D eigenvalue weighted by Gasteiger charge is -2.07. The van der Waals surface area contributed by atoms with E-state index in [2.05, 4.69) is 0 Å². The van der Waals surface area contributed by atoms with Crippen LogP contribution in [-0.4, -0.2) is 44.2 Å². The Labute approximate surface area is 117 Å². The highest BCUT2D eigenvalue weighted by Gasteiger charge is 2.11. The van der Waals surface area contributed by atoms with E-state index in [4.69, 9.17) is 14.8 Å². The molecule has 2 aromatic rings. The standard InChI is InChI=1S/C13H15BO5S/c1-20(17,18)7-6-19-13-5-3-10-8-12(14(15)16)4-2-11(10)9-13/h2-5,8-9,15-16H,6-7H2,1H3. The number of fused-ring (bicyclic) bond motifs is 1. The summed E-state index contributed by atoms with van der Waals surface area (Å²) >= 11 is 0. The molecule has 0 radical (unpaired) electrons. The first-order chi connectivity index (χ1) is 9.35. The lowest BCUT2D eigenvalue weighted by atomic mass is 9.79. The molecule has 0 fully saturated rings. The van der Waals surface area contributed by atoms with Gasteiger partial charge >= 0.3 is 7.12 Å². The summed E-state index contributed by atoms with van der Waals surface area (Å²) in [7, 11) is -4.53. The monoisotopic (exact) mass is 294 g/mol. The van der Waals surface area contributed by atoms with Crippen LogP contribution in [0.1, 0.15) is 0 Å². The normalized spacial score (nSPS) is 11.6. The Bertz CT molecular complexity index is 712. The highest BCUT2D eigenvalue weighted by atomic mass is 32.2. The second-order valence-electron chi connectivity index (χ2n) is 4.62. The van der Waals surface area contributed by atoms with E-state index in [-0.39, 0.29) is 12.4 Å². The fourth-order valence-corrected chi connectivity index (χ4v) is 2.19. The molecule has 0 heterocycles. The molecule has 0 aliphatic heterocycles. The van der Waals surface area contributed by atoms with E-state index in [1.807, 2.05) is 0 Å². The quantitative estimate of drug-likeness (QED) is 0.755. The third kappa shape index (κ3) is 3.96. The summed E-state index contributed by atoms with van der Waals surface area (Å²) in [6, 6.07) is 10.3. The average Bonchev–Trinajstić information content (AvgIpc) is 2.36. The van der Waals surface area contributed by atoms with Gasteiger partial charge in [0.1, 0.15) is 12.4 Å². The Morgan fingerprint density at radius 2 is 1.75 bits per heavy atom. The van der Waals surface area contributed by atoms with Crippen LogP contribution >= 0.6 is 0 Å². The van der Waals surface area contributed by atoms with E-state index < -0.39 is 17.0 Å². The molecular formula is C13H15BO5S. The topological polar surface area (TPSA) is 83.8 Å². The van der Waals surface area contributed by atoms with Crippen molar-refractivity contribution in [3.8, 4) is 5.75 Å². The zero-order chi connectivity index (χ0) is 14.8. The van der Waals surface area contributed by atoms with Crippen molar-refractivity contribution in [3.05, 3.63) is 36.4 Å². The molecule has 20 heavy (non-hydrogen) atoms. The van der Waals surface area contributed by atoms with Crippen molar-refractivity contribution in [2.24, 2.45) is 0 Å². The van der Waals surface area contributed by atoms with E-state index in [0.717, 1.165) is 10.8 Å². The highest BCUT2D eigenvalue weighted by molar-refractivity contribution is 7.90. The van der Waals surface area contributed by atoms with Crippen LogP contribution < -0.4 is 10.2 Å². The molecule has 5 nitrogen and oxygen atoms in total. The van der Waals surface area contributed by atoms with Crippen LogP contribution in [0, 0.1) is 0 Å². The van der Waals surface area contributed by atoms with Crippen LogP contribution in [0.25, 0.3) is 10.8 Å². The smallest absolute Gasteiger partial charge is 0.488 e. The van der Waals surface area contributed by atoms with Gasteiger partial charge in [-0.1, -0.05) is 24.3 Å². The largest absolute Gasteiger partial charge is 0.493 e. The number of sulfone groups is 1. The minimum atomic E-state index is -3.03. The predicted molar refractivity (Wildman–Crippen MR) is 79.0 cm³/mol. The second kappa shape index (κ2) is 5.82. The number of hydrogen-bond acceptors (Lipinski definition) is 5. The number of rotatable bonds is 5. The molecule has 2 aromatic carbocycles. The van der Waals surface area contributed by atoms with Crippen LogP contribution in [0.5, 0.6) is 5.75 Å². The molecule has 0 aromatic heterocycles. The molecule has 2 rings (SSSR count).